The van der Waals surface area contributed by atoms with Gasteiger partial charge >= 0.3 is 0 Å². The predicted molar refractivity (Wildman–Crippen MR) is 109 cm³/mol. The summed E-state index contributed by atoms with van der Waals surface area (Å²) in [4.78, 5) is 0. The van der Waals surface area contributed by atoms with E-state index in [2.05, 4.69) is 60.5 Å². The van der Waals surface area contributed by atoms with Crippen LogP contribution in [0.15, 0.2) is 47.6 Å². The van der Waals surface area contributed by atoms with Crippen molar-refractivity contribution in [3.8, 4) is 17.1 Å². The van der Waals surface area contributed by atoms with E-state index in [9.17, 15) is 5.11 Å². The zero-order valence-electron chi connectivity index (χ0n) is 11.6. The number of nitrogens with one attached hydrogen (secondary N) is 1. The van der Waals surface area contributed by atoms with Gasteiger partial charge in [-0.25, -0.2) is 5.10 Å². The fourth-order valence-corrected chi connectivity index (χ4v) is 4.05. The van der Waals surface area contributed by atoms with Crippen molar-refractivity contribution in [2.24, 2.45) is 5.10 Å². The molecule has 0 amide bonds. The third-order valence-corrected chi connectivity index (χ3v) is 4.76. The van der Waals surface area contributed by atoms with Gasteiger partial charge in [0.05, 0.1) is 9.78 Å². The fourth-order valence-electron chi connectivity index (χ4n) is 1.98. The number of hydrogen-bond donors (Lipinski definition) is 2. The van der Waals surface area contributed by atoms with Crippen molar-refractivity contribution in [1.29, 1.82) is 0 Å². The largest absolute Gasteiger partial charge is 0.506 e. The molecule has 8 heteroatoms. The van der Waals surface area contributed by atoms with Crippen LogP contribution in [-0.4, -0.2) is 26.2 Å². The van der Waals surface area contributed by atoms with Crippen LogP contribution < -0.4 is 0 Å². The molecule has 2 N–H and O–H groups in total. The minimum Gasteiger partial charge on any atom is -0.506 e. The van der Waals surface area contributed by atoms with Gasteiger partial charge in [-0.1, -0.05) is 30.3 Å². The Hall–Kier alpha value is -1.27. The van der Waals surface area contributed by atoms with Gasteiger partial charge in [0.1, 0.15) is 5.75 Å². The van der Waals surface area contributed by atoms with Crippen molar-refractivity contribution < 1.29 is 5.11 Å². The van der Waals surface area contributed by atoms with E-state index in [0.29, 0.717) is 16.2 Å². The first-order valence-electron chi connectivity index (χ1n) is 6.51. The topological polar surface area (TPSA) is 66.2 Å². The van der Waals surface area contributed by atoms with Gasteiger partial charge < -0.3 is 5.11 Å². The van der Waals surface area contributed by atoms with E-state index in [0.717, 1.165) is 12.7 Å². The molecule has 0 aliphatic heterocycles. The van der Waals surface area contributed by atoms with E-state index in [-0.39, 0.29) is 5.75 Å². The van der Waals surface area contributed by atoms with Crippen LogP contribution in [0.25, 0.3) is 11.4 Å². The summed E-state index contributed by atoms with van der Waals surface area (Å²) >= 11 is 9.53. The molecule has 0 aliphatic rings. The van der Waals surface area contributed by atoms with Gasteiger partial charge in [-0.3, -0.25) is 0 Å². The predicted octanol–water partition coefficient (Wildman–Crippen LogP) is 4.40. The van der Waals surface area contributed by atoms with Crippen molar-refractivity contribution in [2.75, 3.05) is 0 Å². The molecule has 0 spiro atoms. The molecule has 5 nitrogen and oxygen atoms in total. The Morgan fingerprint density at radius 2 is 1.96 bits per heavy atom. The molecule has 0 saturated heterocycles. The zero-order chi connectivity index (χ0) is 16.4. The van der Waals surface area contributed by atoms with Crippen LogP contribution in [0.2, 0.25) is 0 Å². The molecule has 0 fully saturated rings. The van der Waals surface area contributed by atoms with E-state index >= 15 is 0 Å². The lowest BCUT2D eigenvalue weighted by Crippen LogP contribution is -1.96. The van der Waals surface area contributed by atoms with E-state index in [1.54, 1.807) is 6.21 Å². The molecular formula is C15H10I2N4OS. The summed E-state index contributed by atoms with van der Waals surface area (Å²) in [5.41, 5.74) is 1.53. The summed E-state index contributed by atoms with van der Waals surface area (Å²) in [6, 6.07) is 13.4. The second kappa shape index (κ2) is 7.09. The Morgan fingerprint density at radius 3 is 2.70 bits per heavy atom. The minimum atomic E-state index is 0.200. The lowest BCUT2D eigenvalue weighted by Gasteiger charge is -2.04. The number of aromatic hydroxyl groups is 1. The van der Waals surface area contributed by atoms with Crippen LogP contribution in [-0.2, 0) is 0 Å². The lowest BCUT2D eigenvalue weighted by molar-refractivity contribution is 0.470. The van der Waals surface area contributed by atoms with Gasteiger partial charge in [0.15, 0.2) is 5.82 Å². The SMILES string of the molecule is Oc1c(I)cc(I)cc1/C=N/n1c(-c2ccccc2)n[nH]c1=S. The Bertz CT molecular complexity index is 934. The van der Waals surface area contributed by atoms with E-state index < -0.39 is 0 Å². The highest BCUT2D eigenvalue weighted by Gasteiger charge is 2.09. The molecule has 0 saturated carbocycles. The molecule has 0 unspecified atom stereocenters. The Labute approximate surface area is 164 Å². The molecule has 1 aromatic heterocycles. The third kappa shape index (κ3) is 3.63. The summed E-state index contributed by atoms with van der Waals surface area (Å²) in [5, 5.41) is 21.5. The Morgan fingerprint density at radius 1 is 1.22 bits per heavy atom. The Balaban J connectivity index is 2.05. The number of aromatic amines is 1. The summed E-state index contributed by atoms with van der Waals surface area (Å²) in [5.74, 6) is 0.817. The number of hydrogen-bond acceptors (Lipinski definition) is 4. The van der Waals surface area contributed by atoms with Gasteiger partial charge in [0.2, 0.25) is 4.77 Å². The van der Waals surface area contributed by atoms with Crippen LogP contribution in [0, 0.1) is 11.9 Å². The number of aromatic nitrogens is 3. The average Bonchev–Trinajstić information content (AvgIpc) is 2.91. The number of benzene rings is 2. The minimum absolute atomic E-state index is 0.200. The standard InChI is InChI=1S/C15H10I2N4OS/c16-11-6-10(13(22)12(17)7-11)8-18-21-14(19-20-15(21)23)9-4-2-1-3-5-9/h1-8,22H,(H,20,23)/b18-8+. The van der Waals surface area contributed by atoms with E-state index in [4.69, 9.17) is 12.2 Å². The van der Waals surface area contributed by atoms with Crippen LogP contribution >= 0.6 is 57.4 Å². The van der Waals surface area contributed by atoms with Crippen molar-refractivity contribution in [3.05, 3.63) is 59.9 Å². The van der Waals surface area contributed by atoms with E-state index in [1.165, 1.54) is 4.68 Å². The quantitative estimate of drug-likeness (QED) is 0.290. The maximum atomic E-state index is 10.1. The maximum Gasteiger partial charge on any atom is 0.216 e. The molecule has 1 heterocycles. The van der Waals surface area contributed by atoms with Crippen molar-refractivity contribution in [2.45, 2.75) is 0 Å². The summed E-state index contributed by atoms with van der Waals surface area (Å²) in [6.07, 6.45) is 1.58. The highest BCUT2D eigenvalue weighted by atomic mass is 127. The summed E-state index contributed by atoms with van der Waals surface area (Å²) in [7, 11) is 0. The lowest BCUT2D eigenvalue weighted by atomic mass is 10.2. The van der Waals surface area contributed by atoms with Gasteiger partial charge in [0, 0.05) is 14.7 Å². The average molecular weight is 548 g/mol. The Kier molecular flexibility index (Phi) is 5.11. The molecule has 0 radical (unpaired) electrons. The number of nitrogens with zero attached hydrogens (tertiary/aromatic N) is 3. The van der Waals surface area contributed by atoms with Gasteiger partial charge in [0.25, 0.3) is 0 Å². The number of phenols is 1. The molecular weight excluding hydrogens is 538 g/mol. The molecule has 0 atom stereocenters. The summed E-state index contributed by atoms with van der Waals surface area (Å²) in [6.45, 7) is 0. The van der Waals surface area contributed by atoms with Crippen molar-refractivity contribution in [3.63, 3.8) is 0 Å². The monoisotopic (exact) mass is 548 g/mol. The highest BCUT2D eigenvalue weighted by Crippen LogP contribution is 2.26. The first kappa shape index (κ1) is 16.6. The molecule has 116 valence electrons. The third-order valence-electron chi connectivity index (χ3n) is 3.05. The van der Waals surface area contributed by atoms with Crippen molar-refractivity contribution >= 4 is 63.6 Å². The molecule has 23 heavy (non-hydrogen) atoms. The maximum absolute atomic E-state index is 10.1. The van der Waals surface area contributed by atoms with Gasteiger partial charge in [-0.2, -0.15) is 14.9 Å². The number of H-pyrrole nitrogens is 1. The van der Waals surface area contributed by atoms with Crippen LogP contribution in [0.4, 0.5) is 0 Å². The summed E-state index contributed by atoms with van der Waals surface area (Å²) < 4.78 is 3.72. The number of halogens is 2. The first-order valence-corrected chi connectivity index (χ1v) is 9.08. The normalized spacial score (nSPS) is 11.2. The number of rotatable bonds is 3. The molecule has 0 bridgehead atoms. The zero-order valence-corrected chi connectivity index (χ0v) is 16.7. The fraction of sp³-hybridized carbons (Fsp3) is 0. The van der Waals surface area contributed by atoms with Crippen LogP contribution in [0.3, 0.4) is 0 Å². The second-order valence-electron chi connectivity index (χ2n) is 4.60. The van der Waals surface area contributed by atoms with Crippen LogP contribution in [0.1, 0.15) is 5.56 Å². The molecule has 3 rings (SSSR count). The highest BCUT2D eigenvalue weighted by molar-refractivity contribution is 14.1. The number of phenolic OH excluding ortho intramolecular Hbond substituents is 1. The second-order valence-corrected chi connectivity index (χ2v) is 7.39. The molecule has 2 aromatic carbocycles. The first-order chi connectivity index (χ1) is 11.1. The van der Waals surface area contributed by atoms with Crippen LogP contribution in [0.5, 0.6) is 5.75 Å². The molecule has 3 aromatic rings. The van der Waals surface area contributed by atoms with Crippen molar-refractivity contribution in [1.82, 2.24) is 14.9 Å². The van der Waals surface area contributed by atoms with E-state index in [1.807, 2.05) is 42.5 Å². The van der Waals surface area contributed by atoms with Gasteiger partial charge in [-0.05, 0) is 69.5 Å². The molecule has 0 aliphatic carbocycles. The van der Waals surface area contributed by atoms with Gasteiger partial charge in [-0.15, -0.1) is 0 Å². The smallest absolute Gasteiger partial charge is 0.216 e.